The maximum atomic E-state index is 13.0. The van der Waals surface area contributed by atoms with Crippen LogP contribution in [0, 0.1) is 23.7 Å². The Morgan fingerprint density at radius 2 is 1.71 bits per heavy atom. The maximum Gasteiger partial charge on any atom is 0.255 e. The number of piperidine rings is 1. The summed E-state index contributed by atoms with van der Waals surface area (Å²) in [6.45, 7) is 1.62. The number of hydrogen-bond donors (Lipinski definition) is 2. The van der Waals surface area contributed by atoms with Crippen molar-refractivity contribution in [3.8, 4) is 0 Å². The molecule has 5 fully saturated rings. The summed E-state index contributed by atoms with van der Waals surface area (Å²) in [6, 6.07) is 6.49. The monoisotopic (exact) mass is 463 g/mol. The summed E-state index contributed by atoms with van der Waals surface area (Å²) < 4.78 is 0. The minimum atomic E-state index is -0.541. The van der Waals surface area contributed by atoms with Gasteiger partial charge in [-0.25, -0.2) is 0 Å². The predicted molar refractivity (Wildman–Crippen MR) is 129 cm³/mol. The van der Waals surface area contributed by atoms with Gasteiger partial charge in [0.25, 0.3) is 5.91 Å². The van der Waals surface area contributed by atoms with E-state index in [1.54, 1.807) is 4.90 Å². The Labute approximate surface area is 202 Å². The molecule has 2 aliphatic heterocycles. The number of rotatable bonds is 6. The molecule has 4 saturated carbocycles. The van der Waals surface area contributed by atoms with E-state index in [1.807, 2.05) is 6.07 Å². The summed E-state index contributed by atoms with van der Waals surface area (Å²) in [4.78, 5) is 38.5. The van der Waals surface area contributed by atoms with Crippen molar-refractivity contribution in [2.45, 2.75) is 89.3 Å². The second kappa shape index (κ2) is 9.10. The number of carbonyl (C=O) groups is 3. The molecule has 6 nitrogen and oxygen atoms in total. The van der Waals surface area contributed by atoms with Crippen LogP contribution in [0.1, 0.15) is 85.7 Å². The van der Waals surface area contributed by atoms with Crippen molar-refractivity contribution < 1.29 is 14.4 Å². The lowest BCUT2D eigenvalue weighted by Crippen LogP contribution is -2.52. The fourth-order valence-corrected chi connectivity index (χ4v) is 7.52. The summed E-state index contributed by atoms with van der Waals surface area (Å²) in [6.07, 6.45) is 12.8. The number of nitrogens with one attached hydrogen (secondary N) is 2. The molecule has 1 saturated heterocycles. The average molecular weight is 464 g/mol. The van der Waals surface area contributed by atoms with Crippen LogP contribution in [0.2, 0.25) is 0 Å². The third kappa shape index (κ3) is 4.30. The van der Waals surface area contributed by atoms with Gasteiger partial charge in [-0.3, -0.25) is 19.7 Å². The molecule has 0 aromatic heterocycles. The van der Waals surface area contributed by atoms with Crippen LogP contribution in [0.25, 0.3) is 0 Å². The Hall–Kier alpha value is -2.21. The second-order valence-electron chi connectivity index (χ2n) is 11.7. The van der Waals surface area contributed by atoms with Gasteiger partial charge in [-0.2, -0.15) is 0 Å². The van der Waals surface area contributed by atoms with Crippen LogP contribution in [-0.4, -0.2) is 41.2 Å². The molecule has 6 heteroatoms. The van der Waals surface area contributed by atoms with E-state index in [0.29, 0.717) is 30.9 Å². The zero-order chi connectivity index (χ0) is 23.2. The molecular weight excluding hydrogens is 426 g/mol. The van der Waals surface area contributed by atoms with Gasteiger partial charge in [-0.15, -0.1) is 0 Å². The molecule has 1 aromatic rings. The normalized spacial score (nSPS) is 35.1. The average Bonchev–Trinajstić information content (AvgIpc) is 3.13. The highest BCUT2D eigenvalue weighted by Gasteiger charge is 2.40. The van der Waals surface area contributed by atoms with Crippen molar-refractivity contribution in [2.24, 2.45) is 23.7 Å². The Morgan fingerprint density at radius 1 is 0.941 bits per heavy atom. The molecule has 4 aliphatic carbocycles. The van der Waals surface area contributed by atoms with E-state index in [0.717, 1.165) is 42.3 Å². The van der Waals surface area contributed by atoms with Gasteiger partial charge in [0.1, 0.15) is 6.04 Å². The number of imide groups is 1. The molecule has 7 rings (SSSR count). The Kier molecular flexibility index (Phi) is 5.96. The van der Waals surface area contributed by atoms with Gasteiger partial charge in [0, 0.05) is 24.6 Å². The van der Waals surface area contributed by atoms with Gasteiger partial charge < -0.3 is 10.2 Å². The van der Waals surface area contributed by atoms with Gasteiger partial charge in [0.05, 0.1) is 0 Å². The van der Waals surface area contributed by atoms with Crippen LogP contribution in [-0.2, 0) is 22.6 Å². The minimum absolute atomic E-state index is 0.0821. The molecule has 34 heavy (non-hydrogen) atoms. The molecule has 6 aliphatic rings. The van der Waals surface area contributed by atoms with Crippen LogP contribution in [0.15, 0.2) is 18.2 Å². The maximum absolute atomic E-state index is 13.0. The summed E-state index contributed by atoms with van der Waals surface area (Å²) >= 11 is 0. The van der Waals surface area contributed by atoms with Gasteiger partial charge in [0.15, 0.2) is 0 Å². The number of amides is 3. The Bertz CT molecular complexity index is 975. The third-order valence-electron chi connectivity index (χ3n) is 9.39. The molecule has 2 heterocycles. The number of hydrogen-bond acceptors (Lipinski definition) is 4. The molecule has 1 aromatic carbocycles. The third-order valence-corrected chi connectivity index (χ3v) is 9.39. The molecule has 3 atom stereocenters. The van der Waals surface area contributed by atoms with E-state index in [4.69, 9.17) is 0 Å². The summed E-state index contributed by atoms with van der Waals surface area (Å²) in [5.41, 5.74) is 3.05. The van der Waals surface area contributed by atoms with E-state index in [-0.39, 0.29) is 17.7 Å². The fraction of sp³-hybridized carbons (Fsp3) is 0.679. The van der Waals surface area contributed by atoms with Crippen molar-refractivity contribution in [2.75, 3.05) is 6.54 Å². The van der Waals surface area contributed by atoms with Crippen molar-refractivity contribution in [1.82, 2.24) is 15.5 Å². The SMILES string of the molecule is O=C1CCC(N2Cc3cc(C[C@H]4CCCC[C@@H]4CNC4CC5CC(C5)C4)ccc3C2=O)C(=O)N1. The van der Waals surface area contributed by atoms with Crippen LogP contribution < -0.4 is 10.6 Å². The van der Waals surface area contributed by atoms with Crippen molar-refractivity contribution in [3.05, 3.63) is 34.9 Å². The lowest BCUT2D eigenvalue weighted by Gasteiger charge is -2.46. The van der Waals surface area contributed by atoms with Crippen molar-refractivity contribution >= 4 is 17.7 Å². The topological polar surface area (TPSA) is 78.5 Å². The van der Waals surface area contributed by atoms with Crippen LogP contribution in [0.5, 0.6) is 0 Å². The minimum Gasteiger partial charge on any atom is -0.322 e. The zero-order valence-corrected chi connectivity index (χ0v) is 20.1. The molecule has 3 amide bonds. The van der Waals surface area contributed by atoms with Gasteiger partial charge >= 0.3 is 0 Å². The largest absolute Gasteiger partial charge is 0.322 e. The quantitative estimate of drug-likeness (QED) is 0.632. The molecule has 182 valence electrons. The van der Waals surface area contributed by atoms with Gasteiger partial charge in [-0.1, -0.05) is 25.0 Å². The van der Waals surface area contributed by atoms with Crippen molar-refractivity contribution in [3.63, 3.8) is 0 Å². The Morgan fingerprint density at radius 3 is 2.47 bits per heavy atom. The van der Waals surface area contributed by atoms with Crippen LogP contribution in [0.4, 0.5) is 0 Å². The lowest BCUT2D eigenvalue weighted by atomic mass is 9.63. The fourth-order valence-electron chi connectivity index (χ4n) is 7.52. The first-order valence-corrected chi connectivity index (χ1v) is 13.5. The highest BCUT2D eigenvalue weighted by molar-refractivity contribution is 6.05. The van der Waals surface area contributed by atoms with E-state index < -0.39 is 6.04 Å². The first kappa shape index (κ1) is 22.3. The molecule has 2 bridgehead atoms. The summed E-state index contributed by atoms with van der Waals surface area (Å²) in [5, 5.41) is 6.34. The smallest absolute Gasteiger partial charge is 0.255 e. The molecule has 0 radical (unpaired) electrons. The molecule has 1 unspecified atom stereocenters. The standard InChI is InChI=1S/C28H37N3O3/c32-26-8-7-25(27(33)30-26)31-16-22-12-17(5-6-24(22)28(31)34)11-20-3-1-2-4-21(20)15-29-23-13-18-9-19(10-18)14-23/h5-6,12,18-21,23,25,29H,1-4,7-11,13-16H2,(H,30,32,33)/t18?,19?,20-,21-,23?,25?/m1/s1. The zero-order valence-electron chi connectivity index (χ0n) is 20.1. The van der Waals surface area contributed by atoms with Gasteiger partial charge in [-0.05, 0) is 98.8 Å². The highest BCUT2D eigenvalue weighted by Crippen LogP contribution is 2.45. The first-order chi connectivity index (χ1) is 16.5. The van der Waals surface area contributed by atoms with Crippen LogP contribution in [0.3, 0.4) is 0 Å². The predicted octanol–water partition coefficient (Wildman–Crippen LogP) is 3.57. The first-order valence-electron chi connectivity index (χ1n) is 13.5. The summed E-state index contributed by atoms with van der Waals surface area (Å²) in [5.74, 6) is 2.75. The van der Waals surface area contributed by atoms with Crippen molar-refractivity contribution in [1.29, 1.82) is 0 Å². The van der Waals surface area contributed by atoms with Gasteiger partial charge in [0.2, 0.25) is 11.8 Å². The van der Waals surface area contributed by atoms with Crippen LogP contribution >= 0.6 is 0 Å². The molecular formula is C28H37N3O3. The van der Waals surface area contributed by atoms with E-state index in [2.05, 4.69) is 22.8 Å². The number of nitrogens with zero attached hydrogens (tertiary/aromatic N) is 1. The second-order valence-corrected chi connectivity index (χ2v) is 11.7. The molecule has 0 spiro atoms. The van der Waals surface area contributed by atoms with E-state index in [9.17, 15) is 14.4 Å². The van der Waals surface area contributed by atoms with E-state index in [1.165, 1.54) is 56.9 Å². The number of fused-ring (bicyclic) bond motifs is 3. The molecule has 2 N–H and O–H groups in total. The summed E-state index contributed by atoms with van der Waals surface area (Å²) in [7, 11) is 0. The number of benzene rings is 1. The lowest BCUT2D eigenvalue weighted by molar-refractivity contribution is -0.136. The Balaban J connectivity index is 1.09. The highest BCUT2D eigenvalue weighted by atomic mass is 16.2. The number of carbonyl (C=O) groups excluding carboxylic acids is 3. The van der Waals surface area contributed by atoms with E-state index >= 15 is 0 Å².